The number of carboxylic acid groups (broad SMARTS) is 1. The van der Waals surface area contributed by atoms with Gasteiger partial charge >= 0.3 is 5.97 Å². The molecular formula is C14H11NO3S4. The number of nitrogens with zero attached hydrogens (tertiary/aromatic N) is 1. The highest BCUT2D eigenvalue weighted by Gasteiger charge is 2.31. The van der Waals surface area contributed by atoms with Crippen molar-refractivity contribution in [2.75, 3.05) is 6.54 Å². The fourth-order valence-electron chi connectivity index (χ4n) is 2.07. The molecule has 1 amide bonds. The Hall–Kier alpha value is -1.22. The second kappa shape index (κ2) is 6.49. The zero-order valence-corrected chi connectivity index (χ0v) is 14.5. The first-order valence-corrected chi connectivity index (χ1v) is 9.41. The van der Waals surface area contributed by atoms with Gasteiger partial charge in [-0.05, 0) is 30.0 Å². The Labute approximate surface area is 144 Å². The second-order valence-electron chi connectivity index (χ2n) is 4.63. The van der Waals surface area contributed by atoms with Gasteiger partial charge in [-0.2, -0.15) is 0 Å². The minimum atomic E-state index is -0.861. The smallest absolute Gasteiger partial charge is 0.303 e. The van der Waals surface area contributed by atoms with Crippen molar-refractivity contribution in [1.29, 1.82) is 0 Å². The van der Waals surface area contributed by atoms with Crippen LogP contribution in [0, 0.1) is 0 Å². The van der Waals surface area contributed by atoms with Crippen molar-refractivity contribution >= 4 is 78.3 Å². The van der Waals surface area contributed by atoms with Crippen molar-refractivity contribution in [2.45, 2.75) is 12.8 Å². The third kappa shape index (κ3) is 3.24. The summed E-state index contributed by atoms with van der Waals surface area (Å²) >= 11 is 9.83. The molecular weight excluding hydrogens is 358 g/mol. The van der Waals surface area contributed by atoms with Gasteiger partial charge in [-0.1, -0.05) is 24.0 Å². The number of aliphatic carboxylic acids is 1. The van der Waals surface area contributed by atoms with Crippen LogP contribution in [0.3, 0.4) is 0 Å². The number of hydrogen-bond donors (Lipinski definition) is 1. The van der Waals surface area contributed by atoms with Crippen LogP contribution < -0.4 is 0 Å². The Bertz CT molecular complexity index is 760. The third-order valence-electron chi connectivity index (χ3n) is 3.08. The maximum atomic E-state index is 12.4. The zero-order chi connectivity index (χ0) is 15.7. The lowest BCUT2D eigenvalue weighted by Gasteiger charge is -2.13. The van der Waals surface area contributed by atoms with Crippen molar-refractivity contribution in [1.82, 2.24) is 4.90 Å². The maximum absolute atomic E-state index is 12.4. The van der Waals surface area contributed by atoms with Gasteiger partial charge in [0.05, 0.1) is 4.91 Å². The van der Waals surface area contributed by atoms with Crippen molar-refractivity contribution in [3.8, 4) is 0 Å². The second-order valence-corrected chi connectivity index (χ2v) is 8.37. The highest BCUT2D eigenvalue weighted by molar-refractivity contribution is 8.26. The van der Waals surface area contributed by atoms with Crippen molar-refractivity contribution in [3.05, 3.63) is 27.3 Å². The van der Waals surface area contributed by atoms with Crippen LogP contribution in [0.4, 0.5) is 0 Å². The first-order valence-electron chi connectivity index (χ1n) is 6.49. The summed E-state index contributed by atoms with van der Waals surface area (Å²) in [5.74, 6) is -0.989. The minimum absolute atomic E-state index is 0.0390. The number of fused-ring (bicyclic) bond motifs is 1. The summed E-state index contributed by atoms with van der Waals surface area (Å²) in [6.45, 7) is 0.355. The molecule has 2 aromatic rings. The van der Waals surface area contributed by atoms with E-state index in [4.69, 9.17) is 17.3 Å². The molecule has 114 valence electrons. The van der Waals surface area contributed by atoms with Gasteiger partial charge in [-0.25, -0.2) is 0 Å². The van der Waals surface area contributed by atoms with Crippen LogP contribution in [0.2, 0.25) is 0 Å². The molecule has 0 saturated carbocycles. The molecule has 1 N–H and O–H groups in total. The normalized spacial score (nSPS) is 17.1. The molecule has 2 aromatic heterocycles. The first kappa shape index (κ1) is 15.7. The molecule has 1 aliphatic rings. The van der Waals surface area contributed by atoms with E-state index in [1.54, 1.807) is 22.7 Å². The van der Waals surface area contributed by atoms with Gasteiger partial charge in [-0.15, -0.1) is 22.7 Å². The van der Waals surface area contributed by atoms with E-state index in [9.17, 15) is 9.59 Å². The summed E-state index contributed by atoms with van der Waals surface area (Å²) < 4.78 is 2.93. The number of carboxylic acids is 1. The molecule has 0 radical (unpaired) electrons. The summed E-state index contributed by atoms with van der Waals surface area (Å²) in [4.78, 5) is 26.0. The quantitative estimate of drug-likeness (QED) is 0.637. The van der Waals surface area contributed by atoms with Gasteiger partial charge < -0.3 is 5.11 Å². The Kier molecular flexibility index (Phi) is 4.62. The molecule has 22 heavy (non-hydrogen) atoms. The monoisotopic (exact) mass is 369 g/mol. The fraction of sp³-hybridized carbons (Fsp3) is 0.214. The van der Waals surface area contributed by atoms with Crippen LogP contribution in [0.1, 0.15) is 17.7 Å². The first-order chi connectivity index (χ1) is 10.5. The van der Waals surface area contributed by atoms with Crippen molar-refractivity contribution in [3.63, 3.8) is 0 Å². The summed E-state index contributed by atoms with van der Waals surface area (Å²) in [5.41, 5.74) is 0. The molecule has 0 bridgehead atoms. The minimum Gasteiger partial charge on any atom is -0.481 e. The SMILES string of the molecule is O=C(O)CCCN1C(=O)C(=Cc2cc3sccc3s2)SC1=S. The van der Waals surface area contributed by atoms with Gasteiger partial charge in [0, 0.05) is 27.2 Å². The molecule has 0 spiro atoms. The van der Waals surface area contributed by atoms with Gasteiger partial charge in [0.25, 0.3) is 5.91 Å². The van der Waals surface area contributed by atoms with Gasteiger partial charge in [0.15, 0.2) is 0 Å². The molecule has 0 aromatic carbocycles. The lowest BCUT2D eigenvalue weighted by atomic mass is 10.3. The number of rotatable bonds is 5. The Morgan fingerprint density at radius 2 is 2.23 bits per heavy atom. The number of thioether (sulfide) groups is 1. The third-order valence-corrected chi connectivity index (χ3v) is 6.50. The number of thiocarbonyl (C=S) groups is 1. The summed E-state index contributed by atoms with van der Waals surface area (Å²) in [6, 6.07) is 4.14. The largest absolute Gasteiger partial charge is 0.481 e. The molecule has 0 unspecified atom stereocenters. The van der Waals surface area contributed by atoms with Crippen molar-refractivity contribution in [2.24, 2.45) is 0 Å². The van der Waals surface area contributed by atoms with Crippen LogP contribution in [0.15, 0.2) is 22.4 Å². The van der Waals surface area contributed by atoms with Gasteiger partial charge in [-0.3, -0.25) is 14.5 Å². The summed E-state index contributed by atoms with van der Waals surface area (Å²) in [7, 11) is 0. The standard InChI is InChI=1S/C14H11NO3S4/c16-12(17)2-1-4-15-13(18)11(22-14(15)19)7-8-6-10-9(21-8)3-5-20-10/h3,5-7H,1-2,4H2,(H,16,17). The highest BCUT2D eigenvalue weighted by Crippen LogP contribution is 2.36. The van der Waals surface area contributed by atoms with Crippen LogP contribution >= 0.6 is 46.7 Å². The predicted molar refractivity (Wildman–Crippen MR) is 96.5 cm³/mol. The van der Waals surface area contributed by atoms with E-state index in [1.165, 1.54) is 26.1 Å². The number of thiophene rings is 2. The summed E-state index contributed by atoms with van der Waals surface area (Å²) in [5, 5.41) is 10.7. The van der Waals surface area contributed by atoms with E-state index in [1.807, 2.05) is 11.5 Å². The Balaban J connectivity index is 1.73. The fourth-order valence-corrected chi connectivity index (χ4v) is 5.50. The molecule has 4 nitrogen and oxygen atoms in total. The van der Waals surface area contributed by atoms with E-state index in [0.29, 0.717) is 22.2 Å². The van der Waals surface area contributed by atoms with E-state index in [-0.39, 0.29) is 12.3 Å². The van der Waals surface area contributed by atoms with E-state index < -0.39 is 5.97 Å². The molecule has 3 heterocycles. The predicted octanol–water partition coefficient (Wildman–Crippen LogP) is 4.03. The molecule has 0 atom stereocenters. The molecule has 8 heteroatoms. The number of hydrogen-bond acceptors (Lipinski definition) is 6. The van der Waals surface area contributed by atoms with E-state index in [2.05, 4.69) is 12.1 Å². The topological polar surface area (TPSA) is 57.6 Å². The molecule has 1 saturated heterocycles. The molecule has 1 aliphatic heterocycles. The van der Waals surface area contributed by atoms with Gasteiger partial charge in [0.1, 0.15) is 4.32 Å². The Morgan fingerprint density at radius 3 is 2.95 bits per heavy atom. The van der Waals surface area contributed by atoms with E-state index >= 15 is 0 Å². The van der Waals surface area contributed by atoms with Crippen LogP contribution in [0.25, 0.3) is 15.5 Å². The lowest BCUT2D eigenvalue weighted by Crippen LogP contribution is -2.29. The van der Waals surface area contributed by atoms with Gasteiger partial charge in [0.2, 0.25) is 0 Å². The van der Waals surface area contributed by atoms with Crippen molar-refractivity contribution < 1.29 is 14.7 Å². The average Bonchev–Trinajstić information content (AvgIpc) is 3.08. The molecule has 1 fully saturated rings. The van der Waals surface area contributed by atoms with Crippen LogP contribution in [0.5, 0.6) is 0 Å². The molecule has 3 rings (SSSR count). The summed E-state index contributed by atoms with van der Waals surface area (Å²) in [6.07, 6.45) is 2.31. The molecule has 0 aliphatic carbocycles. The lowest BCUT2D eigenvalue weighted by molar-refractivity contribution is -0.137. The number of carbonyl (C=O) groups excluding carboxylic acids is 1. The van der Waals surface area contributed by atoms with Crippen LogP contribution in [-0.2, 0) is 9.59 Å². The van der Waals surface area contributed by atoms with E-state index in [0.717, 1.165) is 4.88 Å². The number of amides is 1. The van der Waals surface area contributed by atoms with Crippen LogP contribution in [-0.4, -0.2) is 32.7 Å². The highest BCUT2D eigenvalue weighted by atomic mass is 32.2. The number of carbonyl (C=O) groups is 2. The zero-order valence-electron chi connectivity index (χ0n) is 11.3. The average molecular weight is 370 g/mol. The maximum Gasteiger partial charge on any atom is 0.303 e. The Morgan fingerprint density at radius 1 is 1.41 bits per heavy atom.